The molecule has 1 amide bonds. The SMILES string of the molecule is CNc1cc(C(=O)N(C)C(C)C)c([N+](=O)[O-])cc1F. The molecule has 104 valence electrons. The smallest absolute Gasteiger partial charge is 0.285 e. The number of nitro benzene ring substituents is 1. The molecule has 0 saturated heterocycles. The molecule has 0 fully saturated rings. The second-order valence-electron chi connectivity index (χ2n) is 4.37. The van der Waals surface area contributed by atoms with Crippen LogP contribution in [0.1, 0.15) is 24.2 Å². The summed E-state index contributed by atoms with van der Waals surface area (Å²) in [5, 5.41) is 13.5. The number of carbonyl (C=O) groups excluding carboxylic acids is 1. The average molecular weight is 269 g/mol. The summed E-state index contributed by atoms with van der Waals surface area (Å²) in [6, 6.07) is 1.80. The summed E-state index contributed by atoms with van der Waals surface area (Å²) in [6.45, 7) is 3.57. The maximum atomic E-state index is 13.5. The molecule has 0 saturated carbocycles. The number of rotatable bonds is 4. The number of benzene rings is 1. The van der Waals surface area contributed by atoms with Gasteiger partial charge in [0, 0.05) is 20.1 Å². The molecule has 0 spiro atoms. The number of nitrogens with zero attached hydrogens (tertiary/aromatic N) is 2. The quantitative estimate of drug-likeness (QED) is 0.672. The maximum Gasteiger partial charge on any atom is 0.285 e. The zero-order chi connectivity index (χ0) is 14.7. The molecule has 0 unspecified atom stereocenters. The molecule has 1 rings (SSSR count). The molecule has 0 radical (unpaired) electrons. The number of halogens is 1. The van der Waals surface area contributed by atoms with E-state index in [9.17, 15) is 19.3 Å². The van der Waals surface area contributed by atoms with Crippen LogP contribution in [0.5, 0.6) is 0 Å². The molecule has 0 aliphatic rings. The minimum atomic E-state index is -0.766. The van der Waals surface area contributed by atoms with Gasteiger partial charge in [0.2, 0.25) is 0 Å². The van der Waals surface area contributed by atoms with Crippen LogP contribution in [-0.2, 0) is 0 Å². The Bertz CT molecular complexity index is 517. The van der Waals surface area contributed by atoms with Gasteiger partial charge < -0.3 is 10.2 Å². The van der Waals surface area contributed by atoms with Crippen molar-refractivity contribution in [3.63, 3.8) is 0 Å². The van der Waals surface area contributed by atoms with E-state index in [0.29, 0.717) is 0 Å². The molecule has 0 aromatic heterocycles. The minimum Gasteiger partial charge on any atom is -0.386 e. The predicted octanol–water partition coefficient (Wildman–Crippen LogP) is 2.26. The fraction of sp³-hybridized carbons (Fsp3) is 0.417. The first-order valence-corrected chi connectivity index (χ1v) is 5.72. The third-order valence-electron chi connectivity index (χ3n) is 2.88. The molecule has 1 aromatic carbocycles. The van der Waals surface area contributed by atoms with Gasteiger partial charge in [-0.15, -0.1) is 0 Å². The average Bonchev–Trinajstić information content (AvgIpc) is 2.36. The van der Waals surface area contributed by atoms with E-state index in [1.807, 2.05) is 0 Å². The summed E-state index contributed by atoms with van der Waals surface area (Å²) >= 11 is 0. The minimum absolute atomic E-state index is 0.0473. The van der Waals surface area contributed by atoms with Gasteiger partial charge in [-0.3, -0.25) is 14.9 Å². The highest BCUT2D eigenvalue weighted by atomic mass is 19.1. The topological polar surface area (TPSA) is 75.5 Å². The van der Waals surface area contributed by atoms with Crippen LogP contribution in [0.15, 0.2) is 12.1 Å². The molecule has 1 N–H and O–H groups in total. The maximum absolute atomic E-state index is 13.5. The van der Waals surface area contributed by atoms with Gasteiger partial charge in [0.25, 0.3) is 11.6 Å². The van der Waals surface area contributed by atoms with E-state index in [-0.39, 0.29) is 17.3 Å². The van der Waals surface area contributed by atoms with Gasteiger partial charge >= 0.3 is 0 Å². The van der Waals surface area contributed by atoms with Crippen molar-refractivity contribution in [3.05, 3.63) is 33.6 Å². The summed E-state index contributed by atoms with van der Waals surface area (Å²) in [7, 11) is 3.02. The number of hydrogen-bond acceptors (Lipinski definition) is 4. The highest BCUT2D eigenvalue weighted by Crippen LogP contribution is 2.27. The van der Waals surface area contributed by atoms with Crippen LogP contribution < -0.4 is 5.32 Å². The normalized spacial score (nSPS) is 10.4. The zero-order valence-corrected chi connectivity index (χ0v) is 11.2. The van der Waals surface area contributed by atoms with Gasteiger partial charge in [-0.05, 0) is 19.9 Å². The molecule has 0 bridgehead atoms. The molecule has 6 nitrogen and oxygen atoms in total. The fourth-order valence-corrected chi connectivity index (χ4v) is 1.50. The van der Waals surface area contributed by atoms with Gasteiger partial charge in [0.15, 0.2) is 5.82 Å². The van der Waals surface area contributed by atoms with Crippen molar-refractivity contribution in [3.8, 4) is 0 Å². The summed E-state index contributed by atoms with van der Waals surface area (Å²) in [5.41, 5.74) is -0.618. The molecular formula is C12H16FN3O3. The highest BCUT2D eigenvalue weighted by molar-refractivity contribution is 5.99. The van der Waals surface area contributed by atoms with Crippen LogP contribution in [0.3, 0.4) is 0 Å². The Kier molecular flexibility index (Phi) is 4.42. The van der Waals surface area contributed by atoms with Crippen LogP contribution >= 0.6 is 0 Å². The number of anilines is 1. The predicted molar refractivity (Wildman–Crippen MR) is 69.8 cm³/mol. The fourth-order valence-electron chi connectivity index (χ4n) is 1.50. The highest BCUT2D eigenvalue weighted by Gasteiger charge is 2.26. The molecule has 1 aromatic rings. The molecular weight excluding hydrogens is 253 g/mol. The summed E-state index contributed by atoms with van der Waals surface area (Å²) in [4.78, 5) is 23.7. The van der Waals surface area contributed by atoms with Gasteiger partial charge in [-0.25, -0.2) is 4.39 Å². The Labute approximate surface area is 110 Å². The first-order valence-electron chi connectivity index (χ1n) is 5.72. The number of nitrogens with one attached hydrogen (secondary N) is 1. The third-order valence-corrected chi connectivity index (χ3v) is 2.88. The van der Waals surface area contributed by atoms with Crippen LogP contribution in [0.2, 0.25) is 0 Å². The summed E-state index contributed by atoms with van der Waals surface area (Å²) < 4.78 is 13.5. The number of nitro groups is 1. The second-order valence-corrected chi connectivity index (χ2v) is 4.37. The lowest BCUT2D eigenvalue weighted by Crippen LogP contribution is -2.33. The first kappa shape index (κ1) is 14.9. The van der Waals surface area contributed by atoms with E-state index < -0.39 is 22.3 Å². The van der Waals surface area contributed by atoms with Gasteiger partial charge in [-0.2, -0.15) is 0 Å². The molecule has 0 aliphatic heterocycles. The van der Waals surface area contributed by atoms with Crippen LogP contribution in [0, 0.1) is 15.9 Å². The van der Waals surface area contributed by atoms with E-state index in [4.69, 9.17) is 0 Å². The lowest BCUT2D eigenvalue weighted by molar-refractivity contribution is -0.385. The number of carbonyl (C=O) groups is 1. The van der Waals surface area contributed by atoms with Crippen molar-refractivity contribution in [1.82, 2.24) is 4.90 Å². The number of hydrogen-bond donors (Lipinski definition) is 1. The molecule has 0 aliphatic carbocycles. The van der Waals surface area contributed by atoms with Crippen molar-refractivity contribution >= 4 is 17.3 Å². The monoisotopic (exact) mass is 269 g/mol. The van der Waals surface area contributed by atoms with Crippen molar-refractivity contribution in [2.24, 2.45) is 0 Å². The standard InChI is InChI=1S/C12H16FN3O3/c1-7(2)15(4)12(17)8-5-10(14-3)9(13)6-11(8)16(18)19/h5-7,14H,1-4H3. The zero-order valence-electron chi connectivity index (χ0n) is 11.2. The largest absolute Gasteiger partial charge is 0.386 e. The van der Waals surface area contributed by atoms with Crippen LogP contribution in [-0.4, -0.2) is 35.9 Å². The van der Waals surface area contributed by atoms with Crippen molar-refractivity contribution in [1.29, 1.82) is 0 Å². The van der Waals surface area contributed by atoms with E-state index >= 15 is 0 Å². The number of amides is 1. The van der Waals surface area contributed by atoms with Gasteiger partial charge in [0.05, 0.1) is 16.7 Å². The van der Waals surface area contributed by atoms with Crippen LogP contribution in [0.4, 0.5) is 15.8 Å². The molecule has 0 atom stereocenters. The molecule has 7 heteroatoms. The Hall–Kier alpha value is -2.18. The van der Waals surface area contributed by atoms with Gasteiger partial charge in [0.1, 0.15) is 5.56 Å². The Morgan fingerprint density at radius 1 is 1.47 bits per heavy atom. The van der Waals surface area contributed by atoms with Crippen molar-refractivity contribution in [2.75, 3.05) is 19.4 Å². The lowest BCUT2D eigenvalue weighted by Gasteiger charge is -2.21. The lowest BCUT2D eigenvalue weighted by atomic mass is 10.1. The van der Waals surface area contributed by atoms with Gasteiger partial charge in [-0.1, -0.05) is 0 Å². The van der Waals surface area contributed by atoms with E-state index in [2.05, 4.69) is 5.32 Å². The Morgan fingerprint density at radius 2 is 2.05 bits per heavy atom. The van der Waals surface area contributed by atoms with Crippen molar-refractivity contribution in [2.45, 2.75) is 19.9 Å². The van der Waals surface area contributed by atoms with E-state index in [0.717, 1.165) is 12.1 Å². The summed E-state index contributed by atoms with van der Waals surface area (Å²) in [6.07, 6.45) is 0. The van der Waals surface area contributed by atoms with E-state index in [1.54, 1.807) is 20.9 Å². The second kappa shape index (κ2) is 5.64. The molecule has 19 heavy (non-hydrogen) atoms. The van der Waals surface area contributed by atoms with Crippen molar-refractivity contribution < 1.29 is 14.1 Å². The summed E-state index contributed by atoms with van der Waals surface area (Å²) in [5.74, 6) is -1.28. The van der Waals surface area contributed by atoms with E-state index in [1.165, 1.54) is 11.9 Å². The van der Waals surface area contributed by atoms with Crippen LogP contribution in [0.25, 0.3) is 0 Å². The molecule has 0 heterocycles. The Balaban J connectivity index is 3.39. The third kappa shape index (κ3) is 2.98. The Morgan fingerprint density at radius 3 is 2.47 bits per heavy atom. The first-order chi connectivity index (χ1) is 8.79.